The predicted octanol–water partition coefficient (Wildman–Crippen LogP) is 1.70. The molecular weight excluding hydrogens is 420 g/mol. The Morgan fingerprint density at radius 1 is 0.970 bits per heavy atom. The van der Waals surface area contributed by atoms with E-state index in [1.54, 1.807) is 4.68 Å². The number of carbonyl (C=O) groups excluding carboxylic acids is 1. The molecule has 2 aromatic carbocycles. The molecule has 0 N–H and O–H groups in total. The van der Waals surface area contributed by atoms with Crippen LogP contribution < -0.4 is 5.63 Å². The summed E-state index contributed by atoms with van der Waals surface area (Å²) in [6.45, 7) is 4.12. The van der Waals surface area contributed by atoms with Gasteiger partial charge >= 0.3 is 5.63 Å². The second-order valence-electron chi connectivity index (χ2n) is 8.20. The topological polar surface area (TPSA) is 97.4 Å². The monoisotopic (exact) mass is 444 g/mol. The van der Waals surface area contributed by atoms with Gasteiger partial charge in [-0.1, -0.05) is 24.3 Å². The molecule has 1 aliphatic rings. The van der Waals surface area contributed by atoms with Crippen LogP contribution in [0.3, 0.4) is 0 Å². The van der Waals surface area contributed by atoms with Gasteiger partial charge in [-0.2, -0.15) is 0 Å². The van der Waals surface area contributed by atoms with Gasteiger partial charge in [0, 0.05) is 32.7 Å². The minimum Gasteiger partial charge on any atom is -0.431 e. The van der Waals surface area contributed by atoms with Crippen LogP contribution in [0, 0.1) is 0 Å². The Kier molecular flexibility index (Phi) is 5.95. The van der Waals surface area contributed by atoms with Crippen LogP contribution in [0.15, 0.2) is 70.3 Å². The summed E-state index contributed by atoms with van der Waals surface area (Å²) >= 11 is 0. The molecule has 0 aliphatic carbocycles. The molecule has 168 valence electrons. The van der Waals surface area contributed by atoms with Gasteiger partial charge in [0.25, 0.3) is 0 Å². The molecule has 9 heteroatoms. The van der Waals surface area contributed by atoms with Gasteiger partial charge in [-0.25, -0.2) is 9.48 Å². The molecule has 1 aliphatic heterocycles. The van der Waals surface area contributed by atoms with Gasteiger partial charge in [-0.15, -0.1) is 5.10 Å². The summed E-state index contributed by atoms with van der Waals surface area (Å²) in [6, 6.07) is 15.4. The number of rotatable bonds is 6. The fourth-order valence-electron chi connectivity index (χ4n) is 4.16. The number of hydrogen-bond donors (Lipinski definition) is 0. The Labute approximate surface area is 190 Å². The van der Waals surface area contributed by atoms with E-state index in [0.717, 1.165) is 55.8 Å². The number of hydrogen-bond acceptors (Lipinski definition) is 7. The molecule has 9 nitrogen and oxygen atoms in total. The second-order valence-corrected chi connectivity index (χ2v) is 8.20. The van der Waals surface area contributed by atoms with Crippen LogP contribution in [0.4, 0.5) is 0 Å². The number of fused-ring (bicyclic) bond motifs is 1. The predicted molar refractivity (Wildman–Crippen MR) is 122 cm³/mol. The van der Waals surface area contributed by atoms with Crippen LogP contribution >= 0.6 is 0 Å². The summed E-state index contributed by atoms with van der Waals surface area (Å²) in [7, 11) is 0. The van der Waals surface area contributed by atoms with Crippen LogP contribution in [0.5, 0.6) is 0 Å². The normalized spacial score (nSPS) is 14.6. The summed E-state index contributed by atoms with van der Waals surface area (Å²) in [5, 5.41) is 12.7. The largest absolute Gasteiger partial charge is 0.431 e. The Hall–Kier alpha value is -3.85. The minimum atomic E-state index is -0.303. The van der Waals surface area contributed by atoms with Crippen molar-refractivity contribution in [1.29, 1.82) is 0 Å². The van der Waals surface area contributed by atoms with Crippen molar-refractivity contribution in [3.63, 3.8) is 0 Å². The van der Waals surface area contributed by atoms with E-state index in [-0.39, 0.29) is 11.5 Å². The molecule has 0 radical (unpaired) electrons. The summed E-state index contributed by atoms with van der Waals surface area (Å²) in [4.78, 5) is 28.8. The van der Waals surface area contributed by atoms with Crippen molar-refractivity contribution >= 4 is 16.7 Å². The highest BCUT2D eigenvalue weighted by atomic mass is 16.4. The third kappa shape index (κ3) is 4.83. The van der Waals surface area contributed by atoms with Crippen molar-refractivity contribution in [3.8, 4) is 5.69 Å². The molecule has 1 saturated heterocycles. The van der Waals surface area contributed by atoms with E-state index in [4.69, 9.17) is 4.42 Å². The Morgan fingerprint density at radius 3 is 2.52 bits per heavy atom. The highest BCUT2D eigenvalue weighted by molar-refractivity contribution is 5.81. The van der Waals surface area contributed by atoms with Crippen molar-refractivity contribution in [2.75, 3.05) is 32.7 Å². The van der Waals surface area contributed by atoms with Gasteiger partial charge in [0.15, 0.2) is 0 Å². The standard InChI is InChI=1S/C24H24N6O3/c31-23(16-18-1-4-21(5-2-18)30-17-25-26-27-30)29-12-10-28(11-13-29)9-7-19-3-6-22-20(15-19)8-14-33-24(22)32/h1-6,8,14-15,17H,7,9-13,16H2. The molecule has 0 spiro atoms. The zero-order valence-corrected chi connectivity index (χ0v) is 18.1. The molecule has 5 rings (SSSR count). The fraction of sp³-hybridized carbons (Fsp3) is 0.292. The van der Waals surface area contributed by atoms with Crippen LogP contribution in [-0.2, 0) is 17.6 Å². The van der Waals surface area contributed by atoms with Gasteiger partial charge < -0.3 is 9.32 Å². The molecule has 0 atom stereocenters. The van der Waals surface area contributed by atoms with Crippen molar-refractivity contribution < 1.29 is 9.21 Å². The second kappa shape index (κ2) is 9.33. The summed E-state index contributed by atoms with van der Waals surface area (Å²) in [6.07, 6.45) is 4.27. The van der Waals surface area contributed by atoms with E-state index in [0.29, 0.717) is 11.8 Å². The smallest absolute Gasteiger partial charge is 0.343 e. The van der Waals surface area contributed by atoms with Gasteiger partial charge in [0.1, 0.15) is 6.33 Å². The highest BCUT2D eigenvalue weighted by Gasteiger charge is 2.21. The average Bonchev–Trinajstić information content (AvgIpc) is 3.39. The van der Waals surface area contributed by atoms with Crippen molar-refractivity contribution in [2.45, 2.75) is 12.8 Å². The lowest BCUT2D eigenvalue weighted by Crippen LogP contribution is -2.49. The molecule has 0 unspecified atom stereocenters. The molecule has 33 heavy (non-hydrogen) atoms. The zero-order valence-electron chi connectivity index (χ0n) is 18.1. The number of carbonyl (C=O) groups is 1. The van der Waals surface area contributed by atoms with Crippen LogP contribution in [-0.4, -0.2) is 68.6 Å². The Bertz CT molecular complexity index is 1290. The van der Waals surface area contributed by atoms with Gasteiger partial charge in [-0.05, 0) is 57.6 Å². The van der Waals surface area contributed by atoms with E-state index in [9.17, 15) is 9.59 Å². The first kappa shape index (κ1) is 21.0. The van der Waals surface area contributed by atoms with E-state index >= 15 is 0 Å². The summed E-state index contributed by atoms with van der Waals surface area (Å²) in [5.74, 6) is 0.151. The number of tetrazole rings is 1. The van der Waals surface area contributed by atoms with E-state index in [1.807, 2.05) is 47.4 Å². The fourth-order valence-corrected chi connectivity index (χ4v) is 4.16. The molecule has 1 fully saturated rings. The lowest BCUT2D eigenvalue weighted by atomic mass is 10.1. The molecule has 0 bridgehead atoms. The maximum absolute atomic E-state index is 12.8. The number of aromatic nitrogens is 4. The van der Waals surface area contributed by atoms with Crippen molar-refractivity contribution in [2.24, 2.45) is 0 Å². The summed E-state index contributed by atoms with van der Waals surface area (Å²) < 4.78 is 6.50. The summed E-state index contributed by atoms with van der Waals surface area (Å²) in [5.41, 5.74) is 2.73. The van der Waals surface area contributed by atoms with Crippen molar-refractivity contribution in [1.82, 2.24) is 30.0 Å². The zero-order chi connectivity index (χ0) is 22.6. The lowest BCUT2D eigenvalue weighted by molar-refractivity contribution is -0.132. The molecule has 2 aromatic heterocycles. The molecule has 1 amide bonds. The number of benzene rings is 2. The maximum Gasteiger partial charge on any atom is 0.343 e. The molecule has 3 heterocycles. The van der Waals surface area contributed by atoms with E-state index in [1.165, 1.54) is 18.2 Å². The van der Waals surface area contributed by atoms with Gasteiger partial charge in [-0.3, -0.25) is 9.69 Å². The van der Waals surface area contributed by atoms with Crippen LogP contribution in [0.1, 0.15) is 11.1 Å². The van der Waals surface area contributed by atoms with E-state index in [2.05, 4.69) is 26.5 Å². The Morgan fingerprint density at radius 2 is 1.76 bits per heavy atom. The van der Waals surface area contributed by atoms with Gasteiger partial charge in [0.05, 0.1) is 23.8 Å². The molecular formula is C24H24N6O3. The quantitative estimate of drug-likeness (QED) is 0.446. The van der Waals surface area contributed by atoms with Crippen LogP contribution in [0.25, 0.3) is 16.5 Å². The molecule has 4 aromatic rings. The van der Waals surface area contributed by atoms with Crippen LogP contribution in [0.2, 0.25) is 0 Å². The average molecular weight is 444 g/mol. The van der Waals surface area contributed by atoms with Gasteiger partial charge in [0.2, 0.25) is 5.91 Å². The first-order chi connectivity index (χ1) is 16.2. The number of nitrogens with zero attached hydrogens (tertiary/aromatic N) is 6. The first-order valence-corrected chi connectivity index (χ1v) is 11.0. The maximum atomic E-state index is 12.8. The first-order valence-electron chi connectivity index (χ1n) is 11.0. The number of piperazine rings is 1. The third-order valence-electron chi connectivity index (χ3n) is 6.11. The SMILES string of the molecule is O=C(Cc1ccc(-n2cnnn2)cc1)N1CCN(CCc2ccc3c(=O)occc3c2)CC1. The third-order valence-corrected chi connectivity index (χ3v) is 6.11. The molecule has 0 saturated carbocycles. The highest BCUT2D eigenvalue weighted by Crippen LogP contribution is 2.15. The lowest BCUT2D eigenvalue weighted by Gasteiger charge is -2.34. The number of amides is 1. The van der Waals surface area contributed by atoms with E-state index < -0.39 is 0 Å². The Balaban J connectivity index is 1.10. The van der Waals surface area contributed by atoms with Crippen molar-refractivity contribution in [3.05, 3.63) is 82.7 Å². The minimum absolute atomic E-state index is 0.151.